The van der Waals surface area contributed by atoms with Crippen LogP contribution in [0.1, 0.15) is 22.7 Å². The number of nitrogens with zero attached hydrogens (tertiary/aromatic N) is 2. The number of sulfonamides is 1. The Kier molecular flexibility index (Phi) is 5.24. The zero-order valence-electron chi connectivity index (χ0n) is 16.3. The molecule has 0 N–H and O–H groups in total. The Bertz CT molecular complexity index is 1190. The highest BCUT2D eigenvalue weighted by Crippen LogP contribution is 2.48. The SMILES string of the molecule is Cc1ccc(S(=O)(=O)N2C(/C=C/c3ccccc3)C2c2ccc([N+](=O)[O-])cc2)cc1. The molecule has 0 bridgehead atoms. The fraction of sp³-hybridized carbons (Fsp3) is 0.130. The molecule has 6 nitrogen and oxygen atoms in total. The van der Waals surface area contributed by atoms with Gasteiger partial charge in [0, 0.05) is 12.1 Å². The van der Waals surface area contributed by atoms with Crippen molar-refractivity contribution in [2.75, 3.05) is 0 Å². The van der Waals surface area contributed by atoms with Crippen LogP contribution in [-0.2, 0) is 10.0 Å². The lowest BCUT2D eigenvalue weighted by atomic mass is 10.1. The van der Waals surface area contributed by atoms with E-state index >= 15 is 0 Å². The van der Waals surface area contributed by atoms with E-state index in [1.165, 1.54) is 16.4 Å². The Morgan fingerprint density at radius 3 is 2.17 bits per heavy atom. The van der Waals surface area contributed by atoms with Crippen LogP contribution in [0, 0.1) is 17.0 Å². The molecule has 0 aliphatic carbocycles. The molecule has 30 heavy (non-hydrogen) atoms. The van der Waals surface area contributed by atoms with Crippen LogP contribution < -0.4 is 0 Å². The summed E-state index contributed by atoms with van der Waals surface area (Å²) in [6.07, 6.45) is 3.76. The van der Waals surface area contributed by atoms with Gasteiger partial charge in [0.1, 0.15) is 0 Å². The van der Waals surface area contributed by atoms with Crippen molar-refractivity contribution in [1.82, 2.24) is 4.31 Å². The molecule has 3 aromatic carbocycles. The van der Waals surface area contributed by atoms with Gasteiger partial charge in [0.25, 0.3) is 5.69 Å². The maximum absolute atomic E-state index is 13.3. The summed E-state index contributed by atoms with van der Waals surface area (Å²) in [7, 11) is -3.71. The van der Waals surface area contributed by atoms with E-state index in [-0.39, 0.29) is 16.6 Å². The average Bonchev–Trinajstić information content (AvgIpc) is 3.49. The molecule has 0 radical (unpaired) electrons. The largest absolute Gasteiger partial charge is 0.269 e. The Balaban J connectivity index is 1.68. The number of aryl methyl sites for hydroxylation is 1. The Morgan fingerprint density at radius 1 is 0.933 bits per heavy atom. The second kappa shape index (κ2) is 7.85. The van der Waals surface area contributed by atoms with Gasteiger partial charge in [0.05, 0.1) is 21.9 Å². The molecule has 0 spiro atoms. The standard InChI is InChI=1S/C23H20N2O4S/c1-17-7-14-21(15-8-17)30(28,29)24-22(16-9-18-5-3-2-4-6-18)23(24)19-10-12-20(13-11-19)25(26)27/h2-16,22-23H,1H3/b16-9+. The molecule has 3 atom stereocenters. The quantitative estimate of drug-likeness (QED) is 0.328. The molecule has 1 heterocycles. The first-order valence-corrected chi connectivity index (χ1v) is 10.9. The molecule has 0 amide bonds. The highest BCUT2D eigenvalue weighted by molar-refractivity contribution is 7.89. The molecular weight excluding hydrogens is 400 g/mol. The van der Waals surface area contributed by atoms with Gasteiger partial charge in [-0.05, 0) is 30.2 Å². The average molecular weight is 420 g/mol. The number of nitro groups is 1. The van der Waals surface area contributed by atoms with Crippen molar-refractivity contribution in [2.45, 2.75) is 23.9 Å². The van der Waals surface area contributed by atoms with E-state index in [4.69, 9.17) is 0 Å². The van der Waals surface area contributed by atoms with Crippen molar-refractivity contribution >= 4 is 21.8 Å². The van der Waals surface area contributed by atoms with Crippen molar-refractivity contribution in [3.63, 3.8) is 0 Å². The van der Waals surface area contributed by atoms with Crippen LogP contribution in [0.25, 0.3) is 6.08 Å². The molecule has 3 unspecified atom stereocenters. The second-order valence-corrected chi connectivity index (χ2v) is 9.05. The van der Waals surface area contributed by atoms with Crippen molar-refractivity contribution < 1.29 is 13.3 Å². The highest BCUT2D eigenvalue weighted by atomic mass is 32.2. The van der Waals surface area contributed by atoms with Crippen LogP contribution >= 0.6 is 0 Å². The van der Waals surface area contributed by atoms with Crippen molar-refractivity contribution in [2.24, 2.45) is 0 Å². The summed E-state index contributed by atoms with van der Waals surface area (Å²) in [6, 6.07) is 21.7. The number of non-ortho nitro benzene ring substituents is 1. The van der Waals surface area contributed by atoms with Gasteiger partial charge in [-0.15, -0.1) is 0 Å². The first-order valence-electron chi connectivity index (χ1n) is 9.46. The lowest BCUT2D eigenvalue weighted by Crippen LogP contribution is -2.14. The molecule has 3 aromatic rings. The van der Waals surface area contributed by atoms with Gasteiger partial charge in [-0.1, -0.05) is 72.3 Å². The summed E-state index contributed by atoms with van der Waals surface area (Å²) in [4.78, 5) is 10.7. The summed E-state index contributed by atoms with van der Waals surface area (Å²) in [5, 5.41) is 10.9. The molecule has 0 aromatic heterocycles. The van der Waals surface area contributed by atoms with Crippen LogP contribution in [0.2, 0.25) is 0 Å². The summed E-state index contributed by atoms with van der Waals surface area (Å²) >= 11 is 0. The first kappa shape index (κ1) is 20.0. The minimum Gasteiger partial charge on any atom is -0.258 e. The predicted molar refractivity (Wildman–Crippen MR) is 115 cm³/mol. The smallest absolute Gasteiger partial charge is 0.258 e. The van der Waals surface area contributed by atoms with E-state index in [9.17, 15) is 18.5 Å². The summed E-state index contributed by atoms with van der Waals surface area (Å²) in [5.74, 6) is 0. The molecule has 1 aliphatic heterocycles. The van der Waals surface area contributed by atoms with Crippen LogP contribution in [-0.4, -0.2) is 23.7 Å². The van der Waals surface area contributed by atoms with Crippen LogP contribution in [0.15, 0.2) is 89.8 Å². The number of nitro benzene ring substituents is 1. The highest BCUT2D eigenvalue weighted by Gasteiger charge is 2.54. The lowest BCUT2D eigenvalue weighted by molar-refractivity contribution is -0.384. The van der Waals surface area contributed by atoms with Gasteiger partial charge in [0.2, 0.25) is 10.0 Å². The lowest BCUT2D eigenvalue weighted by Gasteiger charge is -2.07. The van der Waals surface area contributed by atoms with E-state index in [1.54, 1.807) is 36.4 Å². The van der Waals surface area contributed by atoms with Crippen LogP contribution in [0.4, 0.5) is 5.69 Å². The zero-order valence-corrected chi connectivity index (χ0v) is 17.1. The number of hydrogen-bond donors (Lipinski definition) is 0. The minimum absolute atomic E-state index is 0.0243. The molecule has 7 heteroatoms. The first-order chi connectivity index (χ1) is 14.4. The van der Waals surface area contributed by atoms with Gasteiger partial charge in [-0.2, -0.15) is 4.31 Å². The maximum atomic E-state index is 13.3. The predicted octanol–water partition coefficient (Wildman–Crippen LogP) is 4.73. The molecule has 0 saturated carbocycles. The topological polar surface area (TPSA) is 80.3 Å². The molecule has 1 saturated heterocycles. The zero-order chi connectivity index (χ0) is 21.3. The molecule has 1 aliphatic rings. The fourth-order valence-corrected chi connectivity index (χ4v) is 5.19. The van der Waals surface area contributed by atoms with E-state index in [0.717, 1.165) is 16.7 Å². The van der Waals surface area contributed by atoms with Crippen molar-refractivity contribution in [1.29, 1.82) is 0 Å². The second-order valence-electron chi connectivity index (χ2n) is 7.20. The third kappa shape index (κ3) is 3.90. The number of rotatable bonds is 6. The van der Waals surface area contributed by atoms with Crippen LogP contribution in [0.5, 0.6) is 0 Å². The van der Waals surface area contributed by atoms with Crippen molar-refractivity contribution in [3.05, 3.63) is 112 Å². The Hall–Kier alpha value is -3.29. The van der Waals surface area contributed by atoms with Gasteiger partial charge in [-0.3, -0.25) is 10.1 Å². The fourth-order valence-electron chi connectivity index (χ4n) is 3.47. The summed E-state index contributed by atoms with van der Waals surface area (Å²) < 4.78 is 28.0. The third-order valence-electron chi connectivity index (χ3n) is 5.13. The minimum atomic E-state index is -3.71. The van der Waals surface area contributed by atoms with Gasteiger partial charge in [0.15, 0.2) is 0 Å². The molecule has 4 rings (SSSR count). The number of hydrogen-bond acceptors (Lipinski definition) is 4. The maximum Gasteiger partial charge on any atom is 0.269 e. The normalized spacial score (nSPS) is 20.9. The van der Waals surface area contributed by atoms with Gasteiger partial charge >= 0.3 is 0 Å². The molecule has 1 fully saturated rings. The molecular formula is C23H20N2O4S. The third-order valence-corrected chi connectivity index (χ3v) is 7.02. The Labute approximate surface area is 175 Å². The van der Waals surface area contributed by atoms with E-state index < -0.39 is 21.0 Å². The monoisotopic (exact) mass is 420 g/mol. The van der Waals surface area contributed by atoms with E-state index in [1.807, 2.05) is 49.4 Å². The van der Waals surface area contributed by atoms with E-state index in [2.05, 4.69) is 0 Å². The molecule has 152 valence electrons. The number of benzene rings is 3. The summed E-state index contributed by atoms with van der Waals surface area (Å²) in [5.41, 5.74) is 2.65. The Morgan fingerprint density at radius 2 is 1.57 bits per heavy atom. The van der Waals surface area contributed by atoms with Crippen LogP contribution in [0.3, 0.4) is 0 Å². The summed E-state index contributed by atoms with van der Waals surface area (Å²) in [6.45, 7) is 1.90. The van der Waals surface area contributed by atoms with E-state index in [0.29, 0.717) is 0 Å². The van der Waals surface area contributed by atoms with Gasteiger partial charge in [-0.25, -0.2) is 8.42 Å². The van der Waals surface area contributed by atoms with Crippen molar-refractivity contribution in [3.8, 4) is 0 Å². The van der Waals surface area contributed by atoms with Gasteiger partial charge < -0.3 is 0 Å².